The van der Waals surface area contributed by atoms with Crippen molar-refractivity contribution in [1.82, 2.24) is 9.97 Å². The van der Waals surface area contributed by atoms with E-state index in [4.69, 9.17) is 18.9 Å². The summed E-state index contributed by atoms with van der Waals surface area (Å²) in [7, 11) is 3.10. The summed E-state index contributed by atoms with van der Waals surface area (Å²) in [6.07, 6.45) is 8.28. The van der Waals surface area contributed by atoms with E-state index in [0.29, 0.717) is 25.1 Å². The van der Waals surface area contributed by atoms with E-state index in [1.807, 2.05) is 36.4 Å². The number of nitrogens with zero attached hydrogens (tertiary/aromatic N) is 2. The third-order valence-electron chi connectivity index (χ3n) is 6.48. The smallest absolute Gasteiger partial charge is 0.307 e. The van der Waals surface area contributed by atoms with Crippen LogP contribution in [0, 0.1) is 0 Å². The number of ether oxygens (including phenoxy) is 2. The maximum atomic E-state index is 11.4. The molecule has 4 aromatic rings. The Bertz CT molecular complexity index is 1470. The minimum Gasteiger partial charge on any atom is -0.501 e. The van der Waals surface area contributed by atoms with Gasteiger partial charge < -0.3 is 19.2 Å². The number of methoxy groups -OCH3 is 2. The molecule has 0 atom stereocenters. The first-order chi connectivity index (χ1) is 18.2. The highest BCUT2D eigenvalue weighted by atomic mass is 16.5. The summed E-state index contributed by atoms with van der Waals surface area (Å²) in [4.78, 5) is 20.6. The zero-order chi connectivity index (χ0) is 25.6. The Morgan fingerprint density at radius 2 is 1.89 bits per heavy atom. The van der Waals surface area contributed by atoms with Crippen molar-refractivity contribution < 1.29 is 18.7 Å². The second-order valence-electron chi connectivity index (χ2n) is 8.83. The molecule has 1 N–H and O–H groups in total. The van der Waals surface area contributed by atoms with E-state index in [1.54, 1.807) is 13.4 Å². The van der Waals surface area contributed by atoms with Crippen LogP contribution < -0.4 is 5.32 Å². The predicted molar refractivity (Wildman–Crippen MR) is 144 cm³/mol. The lowest BCUT2D eigenvalue weighted by Gasteiger charge is -2.15. The van der Waals surface area contributed by atoms with Gasteiger partial charge in [-0.1, -0.05) is 48.5 Å². The van der Waals surface area contributed by atoms with Gasteiger partial charge in [-0.15, -0.1) is 0 Å². The molecular formula is C30H29N3O4. The normalized spacial score (nSPS) is 13.1. The Hall–Kier alpha value is -4.39. The molecule has 2 aromatic carbocycles. The molecule has 1 aliphatic carbocycles. The number of anilines is 1. The Morgan fingerprint density at radius 3 is 2.65 bits per heavy atom. The van der Waals surface area contributed by atoms with Crippen molar-refractivity contribution in [2.45, 2.75) is 25.7 Å². The standard InChI is InChI=1S/C30H29N3O4/c1-35-24-13-11-21(12-14-24)27-28-25(18-20-7-6-10-23(17-20)31-16-15-26(34)36-2)32-19-33-30(28)37-29(27)22-8-4-3-5-9-22/h3-11,13,17,19,31H,12,14-16,18H2,1-2H3. The first kappa shape index (κ1) is 24.3. The van der Waals surface area contributed by atoms with Crippen LogP contribution in [0.15, 0.2) is 83.3 Å². The van der Waals surface area contributed by atoms with Gasteiger partial charge in [0.25, 0.3) is 0 Å². The quantitative estimate of drug-likeness (QED) is 0.278. The number of benzene rings is 2. The molecule has 2 aromatic heterocycles. The maximum Gasteiger partial charge on any atom is 0.307 e. The van der Waals surface area contributed by atoms with Crippen LogP contribution >= 0.6 is 0 Å². The maximum absolute atomic E-state index is 11.4. The van der Waals surface area contributed by atoms with E-state index in [-0.39, 0.29) is 5.97 Å². The first-order valence-electron chi connectivity index (χ1n) is 12.3. The minimum atomic E-state index is -0.238. The number of hydrogen-bond donors (Lipinski definition) is 1. The molecule has 0 saturated heterocycles. The fraction of sp³-hybridized carbons (Fsp3) is 0.233. The minimum absolute atomic E-state index is 0.238. The number of fused-ring (bicyclic) bond motifs is 1. The molecule has 2 heterocycles. The van der Waals surface area contributed by atoms with Crippen LogP contribution in [0.5, 0.6) is 0 Å². The molecule has 0 fully saturated rings. The van der Waals surface area contributed by atoms with E-state index >= 15 is 0 Å². The van der Waals surface area contributed by atoms with Gasteiger partial charge in [0.1, 0.15) is 12.1 Å². The average molecular weight is 496 g/mol. The molecule has 1 aliphatic rings. The van der Waals surface area contributed by atoms with Crippen molar-refractivity contribution in [3.05, 3.63) is 95.7 Å². The molecule has 7 heteroatoms. The van der Waals surface area contributed by atoms with Gasteiger partial charge in [-0.05, 0) is 35.8 Å². The van der Waals surface area contributed by atoms with Crippen molar-refractivity contribution in [2.75, 3.05) is 26.1 Å². The molecule has 0 unspecified atom stereocenters. The largest absolute Gasteiger partial charge is 0.501 e. The SMILES string of the molecule is COC(=O)CCNc1cccc(Cc2ncnc3oc(-c4ccccc4)c(C4=CC=C(OC)CC4)c23)c1. The van der Waals surface area contributed by atoms with E-state index in [2.05, 4.69) is 40.6 Å². The molecule has 0 amide bonds. The molecule has 37 heavy (non-hydrogen) atoms. The highest BCUT2D eigenvalue weighted by Crippen LogP contribution is 2.41. The van der Waals surface area contributed by atoms with Crippen molar-refractivity contribution in [3.63, 3.8) is 0 Å². The second-order valence-corrected chi connectivity index (χ2v) is 8.83. The van der Waals surface area contributed by atoms with Crippen LogP contribution in [0.25, 0.3) is 28.0 Å². The number of hydrogen-bond acceptors (Lipinski definition) is 7. The predicted octanol–water partition coefficient (Wildman–Crippen LogP) is 6.16. The molecule has 7 nitrogen and oxygen atoms in total. The molecule has 0 radical (unpaired) electrons. The molecule has 0 spiro atoms. The molecule has 0 bridgehead atoms. The van der Waals surface area contributed by atoms with E-state index < -0.39 is 0 Å². The summed E-state index contributed by atoms with van der Waals surface area (Å²) in [5, 5.41) is 4.23. The van der Waals surface area contributed by atoms with E-state index in [9.17, 15) is 4.79 Å². The Morgan fingerprint density at radius 1 is 1.03 bits per heavy atom. The Kier molecular flexibility index (Phi) is 7.31. The number of furan rings is 1. The molecular weight excluding hydrogens is 466 g/mol. The molecule has 0 saturated carbocycles. The van der Waals surface area contributed by atoms with Crippen molar-refractivity contribution in [2.24, 2.45) is 0 Å². The van der Waals surface area contributed by atoms with Crippen molar-refractivity contribution in [1.29, 1.82) is 0 Å². The fourth-order valence-electron chi connectivity index (χ4n) is 4.62. The Labute approximate surface area is 215 Å². The zero-order valence-corrected chi connectivity index (χ0v) is 21.0. The topological polar surface area (TPSA) is 86.5 Å². The lowest BCUT2D eigenvalue weighted by molar-refractivity contribution is -0.140. The number of allylic oxidation sites excluding steroid dienone is 4. The number of carbonyl (C=O) groups is 1. The zero-order valence-electron chi connectivity index (χ0n) is 21.0. The summed E-state index contributed by atoms with van der Waals surface area (Å²) in [6.45, 7) is 0.505. The van der Waals surface area contributed by atoms with Crippen molar-refractivity contribution >= 4 is 28.3 Å². The number of carbonyl (C=O) groups excluding carboxylic acids is 1. The van der Waals surface area contributed by atoms with Gasteiger partial charge in [0.2, 0.25) is 5.71 Å². The lowest BCUT2D eigenvalue weighted by Crippen LogP contribution is -2.09. The van der Waals surface area contributed by atoms with Gasteiger partial charge in [0.05, 0.1) is 37.5 Å². The first-order valence-corrected chi connectivity index (χ1v) is 12.3. The molecule has 0 aliphatic heterocycles. The highest BCUT2D eigenvalue weighted by molar-refractivity contribution is 5.98. The van der Waals surface area contributed by atoms with Gasteiger partial charge in [0.15, 0.2) is 0 Å². The summed E-state index contributed by atoms with van der Waals surface area (Å²) in [5.74, 6) is 1.53. The van der Waals surface area contributed by atoms with Crippen LogP contribution in [-0.4, -0.2) is 36.7 Å². The number of rotatable bonds is 9. The third-order valence-corrected chi connectivity index (χ3v) is 6.48. The van der Waals surface area contributed by atoms with Crippen LogP contribution in [0.4, 0.5) is 5.69 Å². The summed E-state index contributed by atoms with van der Waals surface area (Å²) in [5.41, 5.74) is 6.73. The number of nitrogens with one attached hydrogen (secondary N) is 1. The number of aromatic nitrogens is 2. The third kappa shape index (κ3) is 5.40. The van der Waals surface area contributed by atoms with Gasteiger partial charge in [-0.25, -0.2) is 9.97 Å². The highest BCUT2D eigenvalue weighted by Gasteiger charge is 2.24. The molecule has 5 rings (SSSR count). The second kappa shape index (κ2) is 11.1. The number of esters is 1. The van der Waals surface area contributed by atoms with E-state index in [0.717, 1.165) is 57.8 Å². The van der Waals surface area contributed by atoms with Gasteiger partial charge >= 0.3 is 5.97 Å². The lowest BCUT2D eigenvalue weighted by atomic mass is 9.91. The average Bonchev–Trinajstić information content (AvgIpc) is 3.34. The van der Waals surface area contributed by atoms with Crippen LogP contribution in [0.2, 0.25) is 0 Å². The van der Waals surface area contributed by atoms with Crippen LogP contribution in [0.3, 0.4) is 0 Å². The summed E-state index contributed by atoms with van der Waals surface area (Å²) < 4.78 is 16.6. The summed E-state index contributed by atoms with van der Waals surface area (Å²) in [6, 6.07) is 18.3. The van der Waals surface area contributed by atoms with E-state index in [1.165, 1.54) is 12.7 Å². The summed E-state index contributed by atoms with van der Waals surface area (Å²) >= 11 is 0. The fourth-order valence-corrected chi connectivity index (χ4v) is 4.62. The monoisotopic (exact) mass is 495 g/mol. The Balaban J connectivity index is 1.54. The van der Waals surface area contributed by atoms with Gasteiger partial charge in [-0.3, -0.25) is 4.79 Å². The molecule has 188 valence electrons. The van der Waals surface area contributed by atoms with Crippen molar-refractivity contribution in [3.8, 4) is 11.3 Å². The van der Waals surface area contributed by atoms with Crippen LogP contribution in [-0.2, 0) is 20.7 Å². The van der Waals surface area contributed by atoms with Gasteiger partial charge in [0, 0.05) is 36.2 Å². The van der Waals surface area contributed by atoms with Gasteiger partial charge in [-0.2, -0.15) is 0 Å². The van der Waals surface area contributed by atoms with Crippen LogP contribution in [0.1, 0.15) is 36.1 Å².